The van der Waals surface area contributed by atoms with Crippen molar-refractivity contribution in [3.05, 3.63) is 29.8 Å². The number of ether oxygens (including phenoxy) is 1. The smallest absolute Gasteiger partial charge is 0.227 e. The molecule has 1 aromatic rings. The topological polar surface area (TPSA) is 36.0 Å². The molecule has 0 bridgehead atoms. The predicted molar refractivity (Wildman–Crippen MR) is 95.1 cm³/mol. The molecule has 5 heteroatoms. The number of nitrogens with zero attached hydrogens (tertiary/aromatic N) is 3. The zero-order valence-corrected chi connectivity index (χ0v) is 14.9. The molecular formula is C19H29N3O2. The molecular weight excluding hydrogens is 302 g/mol. The Kier molecular flexibility index (Phi) is 5.74. The number of piperazine rings is 1. The van der Waals surface area contributed by atoms with Crippen LogP contribution in [-0.4, -0.2) is 74.0 Å². The van der Waals surface area contributed by atoms with Gasteiger partial charge in [0.15, 0.2) is 0 Å². The molecule has 0 radical (unpaired) electrons. The minimum atomic E-state index is 0.167. The third kappa shape index (κ3) is 4.28. The highest BCUT2D eigenvalue weighted by Gasteiger charge is 2.30. The molecule has 1 atom stereocenters. The first-order valence-corrected chi connectivity index (χ1v) is 8.98. The Morgan fingerprint density at radius 2 is 1.83 bits per heavy atom. The zero-order valence-electron chi connectivity index (χ0n) is 14.9. The van der Waals surface area contributed by atoms with Crippen molar-refractivity contribution >= 4 is 5.91 Å². The lowest BCUT2D eigenvalue weighted by Crippen LogP contribution is -2.51. The summed E-state index contributed by atoms with van der Waals surface area (Å²) in [7, 11) is 3.81. The Balaban J connectivity index is 1.54. The van der Waals surface area contributed by atoms with Crippen LogP contribution in [0, 0.1) is 5.92 Å². The van der Waals surface area contributed by atoms with E-state index >= 15 is 0 Å². The monoisotopic (exact) mass is 331 g/mol. The van der Waals surface area contributed by atoms with Crippen LogP contribution < -0.4 is 4.74 Å². The Bertz CT molecular complexity index is 538. The van der Waals surface area contributed by atoms with Gasteiger partial charge in [-0.3, -0.25) is 9.69 Å². The van der Waals surface area contributed by atoms with Crippen molar-refractivity contribution in [2.45, 2.75) is 19.4 Å². The van der Waals surface area contributed by atoms with Crippen molar-refractivity contribution in [1.82, 2.24) is 14.7 Å². The quantitative estimate of drug-likeness (QED) is 0.841. The van der Waals surface area contributed by atoms with Gasteiger partial charge in [-0.2, -0.15) is 0 Å². The van der Waals surface area contributed by atoms with Gasteiger partial charge in [0.25, 0.3) is 0 Å². The maximum absolute atomic E-state index is 12.8. The van der Waals surface area contributed by atoms with Crippen LogP contribution >= 0.6 is 0 Å². The van der Waals surface area contributed by atoms with Crippen molar-refractivity contribution in [3.8, 4) is 5.75 Å². The Hall–Kier alpha value is -1.59. The maximum atomic E-state index is 12.8. The lowest BCUT2D eigenvalue weighted by Gasteiger charge is -2.38. The highest BCUT2D eigenvalue weighted by Crippen LogP contribution is 2.22. The van der Waals surface area contributed by atoms with Gasteiger partial charge in [-0.05, 0) is 44.1 Å². The third-order valence-corrected chi connectivity index (χ3v) is 5.23. The lowest BCUT2D eigenvalue weighted by atomic mass is 9.95. The molecule has 0 aromatic heterocycles. The molecule has 132 valence electrons. The average Bonchev–Trinajstić information content (AvgIpc) is 2.63. The summed E-state index contributed by atoms with van der Waals surface area (Å²) < 4.78 is 5.22. The summed E-state index contributed by atoms with van der Waals surface area (Å²) in [4.78, 5) is 19.6. The number of piperidine rings is 1. The SMILES string of the molecule is COc1ccc(CN2CCCC(C(=O)N3CCN(C)CC3)C2)cc1. The van der Waals surface area contributed by atoms with Gasteiger partial charge in [-0.1, -0.05) is 12.1 Å². The van der Waals surface area contributed by atoms with E-state index < -0.39 is 0 Å². The molecule has 3 rings (SSSR count). The molecule has 2 aliphatic heterocycles. The molecule has 0 aliphatic carbocycles. The molecule has 24 heavy (non-hydrogen) atoms. The Morgan fingerprint density at radius 1 is 1.12 bits per heavy atom. The van der Waals surface area contributed by atoms with Gasteiger partial charge in [0, 0.05) is 39.3 Å². The van der Waals surface area contributed by atoms with Crippen LogP contribution in [0.2, 0.25) is 0 Å². The number of carbonyl (C=O) groups is 1. The summed E-state index contributed by atoms with van der Waals surface area (Å²) in [6.45, 7) is 6.63. The van der Waals surface area contributed by atoms with Crippen molar-refractivity contribution in [2.24, 2.45) is 5.92 Å². The molecule has 1 amide bonds. The number of benzene rings is 1. The summed E-state index contributed by atoms with van der Waals surface area (Å²) >= 11 is 0. The van der Waals surface area contributed by atoms with Gasteiger partial charge >= 0.3 is 0 Å². The van der Waals surface area contributed by atoms with Crippen molar-refractivity contribution in [2.75, 3.05) is 53.4 Å². The van der Waals surface area contributed by atoms with Gasteiger partial charge in [0.05, 0.1) is 13.0 Å². The van der Waals surface area contributed by atoms with E-state index in [4.69, 9.17) is 4.74 Å². The fraction of sp³-hybridized carbons (Fsp3) is 0.632. The fourth-order valence-electron chi connectivity index (χ4n) is 3.67. The highest BCUT2D eigenvalue weighted by atomic mass is 16.5. The summed E-state index contributed by atoms with van der Waals surface area (Å²) in [5.74, 6) is 1.42. The van der Waals surface area contributed by atoms with E-state index in [-0.39, 0.29) is 5.92 Å². The van der Waals surface area contributed by atoms with Crippen LogP contribution in [0.3, 0.4) is 0 Å². The molecule has 0 saturated carbocycles. The van der Waals surface area contributed by atoms with E-state index in [0.29, 0.717) is 5.91 Å². The van der Waals surface area contributed by atoms with E-state index in [0.717, 1.165) is 64.4 Å². The van der Waals surface area contributed by atoms with Crippen LogP contribution in [0.4, 0.5) is 0 Å². The number of carbonyl (C=O) groups excluding carboxylic acids is 1. The minimum Gasteiger partial charge on any atom is -0.497 e. The van der Waals surface area contributed by atoms with Gasteiger partial charge in [-0.25, -0.2) is 0 Å². The predicted octanol–water partition coefficient (Wildman–Crippen LogP) is 1.68. The first-order valence-electron chi connectivity index (χ1n) is 8.98. The number of likely N-dealkylation sites (N-methyl/N-ethyl adjacent to an activating group) is 1. The number of hydrogen-bond donors (Lipinski definition) is 0. The zero-order chi connectivity index (χ0) is 16.9. The molecule has 2 saturated heterocycles. The van der Waals surface area contributed by atoms with Crippen LogP contribution in [0.5, 0.6) is 5.75 Å². The van der Waals surface area contributed by atoms with E-state index in [2.05, 4.69) is 33.9 Å². The molecule has 2 aliphatic rings. The second kappa shape index (κ2) is 7.99. The van der Waals surface area contributed by atoms with Crippen LogP contribution in [-0.2, 0) is 11.3 Å². The summed E-state index contributed by atoms with van der Waals surface area (Å²) in [5.41, 5.74) is 1.28. The lowest BCUT2D eigenvalue weighted by molar-refractivity contribution is -0.139. The summed E-state index contributed by atoms with van der Waals surface area (Å²) in [5, 5.41) is 0. The minimum absolute atomic E-state index is 0.167. The number of hydrogen-bond acceptors (Lipinski definition) is 4. The van der Waals surface area contributed by atoms with Crippen LogP contribution in [0.1, 0.15) is 18.4 Å². The molecule has 5 nitrogen and oxygen atoms in total. The van der Waals surface area contributed by atoms with Crippen molar-refractivity contribution < 1.29 is 9.53 Å². The van der Waals surface area contributed by atoms with Crippen LogP contribution in [0.25, 0.3) is 0 Å². The van der Waals surface area contributed by atoms with Crippen molar-refractivity contribution in [1.29, 1.82) is 0 Å². The molecule has 0 spiro atoms. The number of amides is 1. The van der Waals surface area contributed by atoms with Crippen molar-refractivity contribution in [3.63, 3.8) is 0 Å². The standard InChI is InChI=1S/C19H29N3O2/c1-20-10-12-22(13-11-20)19(23)17-4-3-9-21(15-17)14-16-5-7-18(24-2)8-6-16/h5-8,17H,3-4,9-15H2,1-2H3. The highest BCUT2D eigenvalue weighted by molar-refractivity contribution is 5.79. The van der Waals surface area contributed by atoms with Gasteiger partial charge < -0.3 is 14.5 Å². The second-order valence-electron chi connectivity index (χ2n) is 7.05. The number of methoxy groups -OCH3 is 1. The van der Waals surface area contributed by atoms with Crippen LogP contribution in [0.15, 0.2) is 24.3 Å². The van der Waals surface area contributed by atoms with E-state index in [1.165, 1.54) is 5.56 Å². The molecule has 1 aromatic carbocycles. The third-order valence-electron chi connectivity index (χ3n) is 5.23. The van der Waals surface area contributed by atoms with Gasteiger partial charge in [-0.15, -0.1) is 0 Å². The van der Waals surface area contributed by atoms with Gasteiger partial charge in [0.2, 0.25) is 5.91 Å². The molecule has 0 N–H and O–H groups in total. The van der Waals surface area contributed by atoms with E-state index in [9.17, 15) is 4.79 Å². The normalized spacial score (nSPS) is 23.2. The Morgan fingerprint density at radius 3 is 2.50 bits per heavy atom. The fourth-order valence-corrected chi connectivity index (χ4v) is 3.67. The first kappa shape index (κ1) is 17.2. The maximum Gasteiger partial charge on any atom is 0.227 e. The largest absolute Gasteiger partial charge is 0.497 e. The number of likely N-dealkylation sites (tertiary alicyclic amines) is 1. The van der Waals surface area contributed by atoms with E-state index in [1.54, 1.807) is 7.11 Å². The average molecular weight is 331 g/mol. The molecule has 2 heterocycles. The van der Waals surface area contributed by atoms with Gasteiger partial charge in [0.1, 0.15) is 5.75 Å². The summed E-state index contributed by atoms with van der Waals surface area (Å²) in [6.07, 6.45) is 2.14. The Labute approximate surface area is 145 Å². The molecule has 1 unspecified atom stereocenters. The van der Waals surface area contributed by atoms with E-state index in [1.807, 2.05) is 12.1 Å². The first-order chi connectivity index (χ1) is 11.7. The second-order valence-corrected chi connectivity index (χ2v) is 7.05. The summed E-state index contributed by atoms with van der Waals surface area (Å²) in [6, 6.07) is 8.24. The number of rotatable bonds is 4. The molecule has 2 fully saturated rings.